The second kappa shape index (κ2) is 9.56. The van der Waals surface area contributed by atoms with Crippen LogP contribution in [-0.4, -0.2) is 43.5 Å². The van der Waals surface area contributed by atoms with Gasteiger partial charge in [-0.1, -0.05) is 12.1 Å². The molecule has 1 fully saturated rings. The molecule has 0 spiro atoms. The van der Waals surface area contributed by atoms with Gasteiger partial charge in [0.05, 0.1) is 14.2 Å². The molecular formula is C22H24F2N2O4. The second-order valence-electron chi connectivity index (χ2n) is 7.13. The van der Waals surface area contributed by atoms with Gasteiger partial charge in [-0.15, -0.1) is 0 Å². The summed E-state index contributed by atoms with van der Waals surface area (Å²) in [6.07, 6.45) is 1.13. The molecule has 0 aromatic heterocycles. The molecule has 1 saturated heterocycles. The molecule has 1 atom stereocenters. The fourth-order valence-electron chi connectivity index (χ4n) is 3.48. The first kappa shape index (κ1) is 21.5. The molecule has 2 aromatic carbocycles. The lowest BCUT2D eigenvalue weighted by atomic mass is 10.1. The Hall–Kier alpha value is -3.16. The number of hydrogen-bond donors (Lipinski definition) is 1. The van der Waals surface area contributed by atoms with Crippen molar-refractivity contribution >= 4 is 11.8 Å². The van der Waals surface area contributed by atoms with Crippen molar-refractivity contribution in [2.45, 2.75) is 31.8 Å². The van der Waals surface area contributed by atoms with Gasteiger partial charge in [0.15, 0.2) is 0 Å². The van der Waals surface area contributed by atoms with E-state index in [0.29, 0.717) is 31.7 Å². The molecule has 1 heterocycles. The van der Waals surface area contributed by atoms with Crippen molar-refractivity contribution in [3.8, 4) is 11.5 Å². The number of methoxy groups -OCH3 is 2. The van der Waals surface area contributed by atoms with Gasteiger partial charge >= 0.3 is 0 Å². The first-order valence-corrected chi connectivity index (χ1v) is 9.66. The van der Waals surface area contributed by atoms with E-state index in [0.717, 1.165) is 17.7 Å². The van der Waals surface area contributed by atoms with Crippen LogP contribution in [0.25, 0.3) is 0 Å². The van der Waals surface area contributed by atoms with Gasteiger partial charge < -0.3 is 19.7 Å². The molecule has 0 saturated carbocycles. The van der Waals surface area contributed by atoms with Crippen LogP contribution in [-0.2, 0) is 11.3 Å². The Morgan fingerprint density at radius 1 is 1.10 bits per heavy atom. The third-order valence-electron chi connectivity index (χ3n) is 5.13. The molecule has 160 valence electrons. The molecule has 1 aliphatic heterocycles. The minimum Gasteiger partial charge on any atom is -0.497 e. The standard InChI is InChI=1S/C22H24F2N2O4/c1-29-16-5-3-4-14(10-16)13-26-9-8-15(6-7-20(26)27)25-22(28)21-18(23)11-17(30-2)12-19(21)24/h3-5,10-12,15H,6-9,13H2,1-2H3,(H,25,28). The molecule has 3 rings (SSSR count). The minimum absolute atomic E-state index is 0.00482. The van der Waals surface area contributed by atoms with Crippen molar-refractivity contribution in [2.24, 2.45) is 0 Å². The lowest BCUT2D eigenvalue weighted by Gasteiger charge is -2.21. The molecule has 0 radical (unpaired) electrons. The Morgan fingerprint density at radius 2 is 1.80 bits per heavy atom. The topological polar surface area (TPSA) is 67.9 Å². The number of likely N-dealkylation sites (tertiary alicyclic amines) is 1. The summed E-state index contributed by atoms with van der Waals surface area (Å²) in [6.45, 7) is 0.854. The summed E-state index contributed by atoms with van der Waals surface area (Å²) in [4.78, 5) is 26.7. The lowest BCUT2D eigenvalue weighted by molar-refractivity contribution is -0.131. The minimum atomic E-state index is -0.992. The van der Waals surface area contributed by atoms with E-state index >= 15 is 0 Å². The van der Waals surface area contributed by atoms with E-state index in [2.05, 4.69) is 5.32 Å². The molecule has 6 nitrogen and oxygen atoms in total. The Labute approximate surface area is 173 Å². The van der Waals surface area contributed by atoms with Crippen LogP contribution in [0.1, 0.15) is 35.2 Å². The Balaban J connectivity index is 1.64. The van der Waals surface area contributed by atoms with Crippen LogP contribution in [0.15, 0.2) is 36.4 Å². The zero-order valence-corrected chi connectivity index (χ0v) is 16.9. The third kappa shape index (κ3) is 5.06. The van der Waals surface area contributed by atoms with E-state index in [1.54, 1.807) is 12.0 Å². The molecule has 2 aromatic rings. The fraction of sp³-hybridized carbons (Fsp3) is 0.364. The van der Waals surface area contributed by atoms with Gasteiger partial charge in [-0.3, -0.25) is 9.59 Å². The summed E-state index contributed by atoms with van der Waals surface area (Å²) in [5, 5.41) is 2.66. The zero-order chi connectivity index (χ0) is 21.7. The smallest absolute Gasteiger partial charge is 0.257 e. The molecular weight excluding hydrogens is 394 g/mol. The summed E-state index contributed by atoms with van der Waals surface area (Å²) < 4.78 is 38.3. The van der Waals surface area contributed by atoms with Crippen molar-refractivity contribution in [2.75, 3.05) is 20.8 Å². The van der Waals surface area contributed by atoms with Crippen LogP contribution < -0.4 is 14.8 Å². The molecule has 8 heteroatoms. The monoisotopic (exact) mass is 418 g/mol. The van der Waals surface area contributed by atoms with Crippen molar-refractivity contribution in [1.29, 1.82) is 0 Å². The molecule has 0 bridgehead atoms. The SMILES string of the molecule is COc1cccc(CN2CCC(NC(=O)c3c(F)cc(OC)cc3F)CCC2=O)c1. The highest BCUT2D eigenvalue weighted by Gasteiger charge is 2.26. The largest absolute Gasteiger partial charge is 0.497 e. The van der Waals surface area contributed by atoms with Crippen LogP contribution in [0.3, 0.4) is 0 Å². The number of nitrogens with one attached hydrogen (secondary N) is 1. The number of carbonyl (C=O) groups is 2. The number of rotatable bonds is 6. The summed E-state index contributed by atoms with van der Waals surface area (Å²) in [5.74, 6) is -2.15. The summed E-state index contributed by atoms with van der Waals surface area (Å²) >= 11 is 0. The number of ether oxygens (including phenoxy) is 2. The average molecular weight is 418 g/mol. The maximum Gasteiger partial charge on any atom is 0.257 e. The van der Waals surface area contributed by atoms with E-state index in [-0.39, 0.29) is 24.1 Å². The summed E-state index contributed by atoms with van der Waals surface area (Å²) in [7, 11) is 2.87. The van der Waals surface area contributed by atoms with E-state index < -0.39 is 23.1 Å². The maximum atomic E-state index is 14.2. The number of hydrogen-bond acceptors (Lipinski definition) is 4. The van der Waals surface area contributed by atoms with E-state index in [9.17, 15) is 18.4 Å². The molecule has 0 aliphatic carbocycles. The van der Waals surface area contributed by atoms with Crippen LogP contribution in [0.2, 0.25) is 0 Å². The first-order chi connectivity index (χ1) is 14.4. The normalized spacial score (nSPS) is 16.7. The number of benzene rings is 2. The lowest BCUT2D eigenvalue weighted by Crippen LogP contribution is -2.36. The van der Waals surface area contributed by atoms with Crippen LogP contribution in [0.4, 0.5) is 8.78 Å². The van der Waals surface area contributed by atoms with Crippen molar-refractivity contribution < 1.29 is 27.8 Å². The highest BCUT2D eigenvalue weighted by molar-refractivity contribution is 5.95. The van der Waals surface area contributed by atoms with Gasteiger partial charge in [0, 0.05) is 37.7 Å². The highest BCUT2D eigenvalue weighted by Crippen LogP contribution is 2.22. The van der Waals surface area contributed by atoms with Crippen molar-refractivity contribution in [3.63, 3.8) is 0 Å². The Bertz CT molecular complexity index is 912. The quantitative estimate of drug-likeness (QED) is 0.782. The average Bonchev–Trinajstić information content (AvgIpc) is 2.89. The van der Waals surface area contributed by atoms with Gasteiger partial charge in [0.25, 0.3) is 5.91 Å². The molecule has 1 unspecified atom stereocenters. The van der Waals surface area contributed by atoms with Crippen molar-refractivity contribution in [3.05, 3.63) is 59.2 Å². The number of carbonyl (C=O) groups excluding carboxylic acids is 2. The van der Waals surface area contributed by atoms with Crippen LogP contribution in [0, 0.1) is 11.6 Å². The van der Waals surface area contributed by atoms with Gasteiger partial charge in [0.2, 0.25) is 5.91 Å². The molecule has 1 aliphatic rings. The number of nitrogens with zero attached hydrogens (tertiary/aromatic N) is 1. The van der Waals surface area contributed by atoms with Crippen molar-refractivity contribution in [1.82, 2.24) is 10.2 Å². The Morgan fingerprint density at radius 3 is 2.47 bits per heavy atom. The van der Waals surface area contributed by atoms with Crippen LogP contribution >= 0.6 is 0 Å². The number of amides is 2. The number of halogens is 2. The van der Waals surface area contributed by atoms with E-state index in [1.165, 1.54) is 7.11 Å². The maximum absolute atomic E-state index is 14.2. The predicted octanol–water partition coefficient (Wildman–Crippen LogP) is 3.29. The fourth-order valence-corrected chi connectivity index (χ4v) is 3.48. The van der Waals surface area contributed by atoms with Gasteiger partial charge in [-0.25, -0.2) is 8.78 Å². The molecule has 1 N–H and O–H groups in total. The Kier molecular flexibility index (Phi) is 6.87. The summed E-state index contributed by atoms with van der Waals surface area (Å²) in [6, 6.07) is 9.03. The second-order valence-corrected chi connectivity index (χ2v) is 7.13. The first-order valence-electron chi connectivity index (χ1n) is 9.66. The van der Waals surface area contributed by atoms with Gasteiger partial charge in [-0.05, 0) is 30.5 Å². The highest BCUT2D eigenvalue weighted by atomic mass is 19.1. The molecule has 30 heavy (non-hydrogen) atoms. The van der Waals surface area contributed by atoms with Crippen LogP contribution in [0.5, 0.6) is 11.5 Å². The predicted molar refractivity (Wildman–Crippen MR) is 106 cm³/mol. The van der Waals surface area contributed by atoms with E-state index in [1.807, 2.05) is 24.3 Å². The molecule has 2 amide bonds. The van der Waals surface area contributed by atoms with Gasteiger partial charge in [-0.2, -0.15) is 0 Å². The third-order valence-corrected chi connectivity index (χ3v) is 5.13. The zero-order valence-electron chi connectivity index (χ0n) is 16.9. The van der Waals surface area contributed by atoms with E-state index in [4.69, 9.17) is 9.47 Å². The van der Waals surface area contributed by atoms with Gasteiger partial charge in [0.1, 0.15) is 28.7 Å². The summed E-state index contributed by atoms with van der Waals surface area (Å²) in [5.41, 5.74) is 0.284.